The number of rotatable bonds is 1. The zero-order valence-electron chi connectivity index (χ0n) is 11.7. The highest BCUT2D eigenvalue weighted by molar-refractivity contribution is 9.10. The summed E-state index contributed by atoms with van der Waals surface area (Å²) in [7, 11) is 0. The van der Waals surface area contributed by atoms with Crippen molar-refractivity contribution in [3.8, 4) is 5.69 Å². The Bertz CT molecular complexity index is 671. The minimum absolute atomic E-state index is 0.0239. The fourth-order valence-electron chi connectivity index (χ4n) is 2.04. The van der Waals surface area contributed by atoms with Crippen LogP contribution in [0.3, 0.4) is 0 Å². The van der Waals surface area contributed by atoms with Gasteiger partial charge in [-0.05, 0) is 18.2 Å². The number of benzene rings is 1. The third-order valence-electron chi connectivity index (χ3n) is 2.91. The van der Waals surface area contributed by atoms with Crippen molar-refractivity contribution in [1.29, 1.82) is 0 Å². The molecular weight excluding hydrogens is 349 g/mol. The van der Waals surface area contributed by atoms with E-state index in [2.05, 4.69) is 26.2 Å². The molecule has 0 amide bonds. The largest absolute Gasteiger partial charge is 0.417 e. The average Bonchev–Trinajstić information content (AvgIpc) is 2.70. The molecule has 0 unspecified atom stereocenters. The van der Waals surface area contributed by atoms with Gasteiger partial charge in [-0.3, -0.25) is 0 Å². The number of aromatic nitrogens is 3. The predicted molar refractivity (Wildman–Crippen MR) is 77.2 cm³/mol. The Morgan fingerprint density at radius 3 is 2.33 bits per heavy atom. The molecule has 0 spiro atoms. The lowest BCUT2D eigenvalue weighted by Gasteiger charge is -2.20. The highest BCUT2D eigenvalue weighted by atomic mass is 79.9. The van der Waals surface area contributed by atoms with Crippen molar-refractivity contribution in [2.24, 2.45) is 0 Å². The summed E-state index contributed by atoms with van der Waals surface area (Å²) in [5.41, 5.74) is 5.45. The van der Waals surface area contributed by atoms with Crippen molar-refractivity contribution in [3.05, 3.63) is 33.9 Å². The van der Waals surface area contributed by atoms with Crippen LogP contribution in [0.4, 0.5) is 19.0 Å². The molecule has 0 saturated heterocycles. The molecule has 21 heavy (non-hydrogen) atoms. The van der Waals surface area contributed by atoms with Crippen LogP contribution >= 0.6 is 15.9 Å². The van der Waals surface area contributed by atoms with Gasteiger partial charge in [0.2, 0.25) is 0 Å². The van der Waals surface area contributed by atoms with Crippen LogP contribution in [0.2, 0.25) is 0 Å². The van der Waals surface area contributed by atoms with E-state index in [-0.39, 0.29) is 16.0 Å². The quantitative estimate of drug-likeness (QED) is 0.835. The second kappa shape index (κ2) is 5.01. The summed E-state index contributed by atoms with van der Waals surface area (Å²) < 4.78 is 40.3. The molecule has 0 radical (unpaired) electrons. The second-order valence-electron chi connectivity index (χ2n) is 5.65. The summed E-state index contributed by atoms with van der Waals surface area (Å²) >= 11 is 2.91. The number of hydrogen-bond acceptors (Lipinski definition) is 3. The van der Waals surface area contributed by atoms with Gasteiger partial charge >= 0.3 is 6.18 Å². The molecule has 4 nitrogen and oxygen atoms in total. The van der Waals surface area contributed by atoms with Crippen LogP contribution in [-0.4, -0.2) is 15.0 Å². The standard InChI is InChI=1S/C13H14BrF3N4/c1-12(2,3)10-11(18)19-20-21(10)7-4-5-9(14)8(6-7)13(15,16)17/h4-6H,18H2,1-3H3. The molecule has 2 N–H and O–H groups in total. The summed E-state index contributed by atoms with van der Waals surface area (Å²) in [5, 5.41) is 7.64. The van der Waals surface area contributed by atoms with E-state index in [0.717, 1.165) is 6.07 Å². The lowest BCUT2D eigenvalue weighted by molar-refractivity contribution is -0.138. The van der Waals surface area contributed by atoms with Gasteiger partial charge in [0, 0.05) is 9.89 Å². The molecule has 0 atom stereocenters. The minimum atomic E-state index is -4.46. The van der Waals surface area contributed by atoms with Crippen molar-refractivity contribution in [2.45, 2.75) is 32.4 Å². The molecule has 2 aromatic rings. The topological polar surface area (TPSA) is 56.7 Å². The lowest BCUT2D eigenvalue weighted by Crippen LogP contribution is -2.19. The van der Waals surface area contributed by atoms with Crippen molar-refractivity contribution in [3.63, 3.8) is 0 Å². The maximum atomic E-state index is 13.0. The SMILES string of the molecule is CC(C)(C)c1c(N)nnn1-c1ccc(Br)c(C(F)(F)F)c1. The number of anilines is 1. The van der Waals surface area contributed by atoms with Gasteiger partial charge in [-0.2, -0.15) is 13.2 Å². The van der Waals surface area contributed by atoms with Gasteiger partial charge in [0.05, 0.1) is 16.9 Å². The van der Waals surface area contributed by atoms with Gasteiger partial charge < -0.3 is 5.73 Å². The normalized spacial score (nSPS) is 12.7. The van der Waals surface area contributed by atoms with E-state index >= 15 is 0 Å². The molecule has 1 heterocycles. The number of nitrogen functional groups attached to an aromatic ring is 1. The Morgan fingerprint density at radius 1 is 1.19 bits per heavy atom. The molecule has 0 aliphatic heterocycles. The Labute approximate surface area is 128 Å². The molecule has 8 heteroatoms. The highest BCUT2D eigenvalue weighted by Gasteiger charge is 2.34. The molecule has 0 aliphatic carbocycles. The first-order valence-electron chi connectivity index (χ1n) is 6.10. The summed E-state index contributed by atoms with van der Waals surface area (Å²) in [6, 6.07) is 3.89. The van der Waals surface area contributed by atoms with Crippen LogP contribution in [0, 0.1) is 0 Å². The first-order chi connectivity index (χ1) is 9.51. The van der Waals surface area contributed by atoms with Crippen molar-refractivity contribution < 1.29 is 13.2 Å². The third-order valence-corrected chi connectivity index (χ3v) is 3.60. The number of alkyl halides is 3. The van der Waals surface area contributed by atoms with E-state index in [1.165, 1.54) is 16.8 Å². The monoisotopic (exact) mass is 362 g/mol. The Balaban J connectivity index is 2.65. The van der Waals surface area contributed by atoms with Crippen LogP contribution in [0.25, 0.3) is 5.69 Å². The Morgan fingerprint density at radius 2 is 1.81 bits per heavy atom. The van der Waals surface area contributed by atoms with Crippen molar-refractivity contribution >= 4 is 21.7 Å². The van der Waals surface area contributed by atoms with Gasteiger partial charge in [-0.15, -0.1) is 5.10 Å². The van der Waals surface area contributed by atoms with E-state index in [9.17, 15) is 13.2 Å². The van der Waals surface area contributed by atoms with Crippen LogP contribution in [0.15, 0.2) is 22.7 Å². The molecule has 0 saturated carbocycles. The van der Waals surface area contributed by atoms with Gasteiger partial charge in [-0.1, -0.05) is 41.9 Å². The summed E-state index contributed by atoms with van der Waals surface area (Å²) in [6.45, 7) is 5.67. The second-order valence-corrected chi connectivity index (χ2v) is 6.50. The third kappa shape index (κ3) is 3.04. The van der Waals surface area contributed by atoms with Crippen LogP contribution in [-0.2, 0) is 11.6 Å². The van der Waals surface area contributed by atoms with E-state index in [1.807, 2.05) is 20.8 Å². The molecule has 1 aromatic heterocycles. The summed E-state index contributed by atoms with van der Waals surface area (Å²) in [5.74, 6) is 0.207. The van der Waals surface area contributed by atoms with Gasteiger partial charge in [0.25, 0.3) is 0 Å². The van der Waals surface area contributed by atoms with Gasteiger partial charge in [-0.25, -0.2) is 4.68 Å². The van der Waals surface area contributed by atoms with Crippen molar-refractivity contribution in [1.82, 2.24) is 15.0 Å². The first kappa shape index (κ1) is 15.8. The van der Waals surface area contributed by atoms with Crippen LogP contribution in [0.5, 0.6) is 0 Å². The molecule has 0 bridgehead atoms. The maximum absolute atomic E-state index is 13.0. The van der Waals surface area contributed by atoms with E-state index in [0.29, 0.717) is 5.69 Å². The molecule has 2 rings (SSSR count). The van der Waals surface area contributed by atoms with E-state index < -0.39 is 17.2 Å². The highest BCUT2D eigenvalue weighted by Crippen LogP contribution is 2.37. The molecule has 0 aliphatic rings. The van der Waals surface area contributed by atoms with Crippen LogP contribution in [0.1, 0.15) is 32.0 Å². The van der Waals surface area contributed by atoms with Crippen LogP contribution < -0.4 is 5.73 Å². The maximum Gasteiger partial charge on any atom is 0.417 e. The smallest absolute Gasteiger partial charge is 0.381 e. The average molecular weight is 363 g/mol. The lowest BCUT2D eigenvalue weighted by atomic mass is 9.91. The number of nitrogens with two attached hydrogens (primary N) is 1. The van der Waals surface area contributed by atoms with E-state index in [4.69, 9.17) is 5.73 Å². The van der Waals surface area contributed by atoms with Gasteiger partial charge in [0.15, 0.2) is 5.82 Å². The Kier molecular flexibility index (Phi) is 3.77. The summed E-state index contributed by atoms with van der Waals surface area (Å²) in [6.07, 6.45) is -4.46. The van der Waals surface area contributed by atoms with E-state index in [1.54, 1.807) is 0 Å². The fraction of sp³-hybridized carbons (Fsp3) is 0.385. The van der Waals surface area contributed by atoms with Gasteiger partial charge in [0.1, 0.15) is 0 Å². The number of halogens is 4. The number of nitrogens with zero attached hydrogens (tertiary/aromatic N) is 3. The predicted octanol–water partition coefficient (Wildman–Crippen LogP) is 3.93. The number of hydrogen-bond donors (Lipinski definition) is 1. The molecular formula is C13H14BrF3N4. The minimum Gasteiger partial charge on any atom is -0.381 e. The molecule has 1 aromatic carbocycles. The zero-order chi connectivity index (χ0) is 16.0. The summed E-state index contributed by atoms with van der Waals surface area (Å²) in [4.78, 5) is 0. The van der Waals surface area contributed by atoms with Crippen molar-refractivity contribution in [2.75, 3.05) is 5.73 Å². The first-order valence-corrected chi connectivity index (χ1v) is 6.90. The Hall–Kier alpha value is -1.57. The molecule has 0 fully saturated rings. The zero-order valence-corrected chi connectivity index (χ0v) is 13.2. The molecule has 114 valence electrons. The fourth-order valence-corrected chi connectivity index (χ4v) is 2.51.